The van der Waals surface area contributed by atoms with E-state index >= 15 is 0 Å². The molecule has 0 rings (SSSR count). The van der Waals surface area contributed by atoms with Crippen molar-refractivity contribution in [3.8, 4) is 0 Å². The standard InChI is InChI=1S/C5H8O2.Fe/c1-3-5(7)4(2)6;/h3H2,1-2H3;/q;+2. The van der Waals surface area contributed by atoms with E-state index in [1.807, 2.05) is 0 Å². The average molecular weight is 156 g/mol. The molecule has 0 aliphatic heterocycles. The first-order valence-corrected chi connectivity index (χ1v) is 2.22. The van der Waals surface area contributed by atoms with Crippen LogP contribution in [0.3, 0.4) is 0 Å². The number of hydrogen-bond acceptors (Lipinski definition) is 2. The summed E-state index contributed by atoms with van der Waals surface area (Å²) in [7, 11) is 0. The van der Waals surface area contributed by atoms with Crippen LogP contribution >= 0.6 is 0 Å². The molecule has 0 aromatic rings. The molecular formula is C5H8FeO2+2. The van der Waals surface area contributed by atoms with Gasteiger partial charge in [0.25, 0.3) is 0 Å². The Labute approximate surface area is 59.1 Å². The molecule has 8 heavy (non-hydrogen) atoms. The van der Waals surface area contributed by atoms with Gasteiger partial charge in [-0.05, 0) is 0 Å². The summed E-state index contributed by atoms with van der Waals surface area (Å²) in [4.78, 5) is 20.2. The summed E-state index contributed by atoms with van der Waals surface area (Å²) in [6.45, 7) is 2.95. The van der Waals surface area contributed by atoms with E-state index < -0.39 is 0 Å². The molecule has 0 spiro atoms. The number of rotatable bonds is 2. The van der Waals surface area contributed by atoms with Crippen LogP contribution in [0.4, 0.5) is 0 Å². The van der Waals surface area contributed by atoms with Gasteiger partial charge in [-0.2, -0.15) is 0 Å². The fraction of sp³-hybridized carbons (Fsp3) is 0.600. The van der Waals surface area contributed by atoms with Crippen LogP contribution in [0.15, 0.2) is 0 Å². The molecule has 0 bridgehead atoms. The number of Topliss-reactive ketones (excluding diaryl/α,β-unsaturated/α-hetero) is 2. The number of ketones is 2. The molecule has 46 valence electrons. The maximum Gasteiger partial charge on any atom is 2.00 e. The van der Waals surface area contributed by atoms with Crippen molar-refractivity contribution in [2.75, 3.05) is 0 Å². The van der Waals surface area contributed by atoms with Crippen molar-refractivity contribution in [3.63, 3.8) is 0 Å². The van der Waals surface area contributed by atoms with Gasteiger partial charge in [0, 0.05) is 13.3 Å². The molecule has 0 aromatic carbocycles. The van der Waals surface area contributed by atoms with Gasteiger partial charge in [0.1, 0.15) is 0 Å². The Morgan fingerprint density at radius 3 is 1.75 bits per heavy atom. The maximum absolute atomic E-state index is 10.2. The Bertz CT molecular complexity index is 98.6. The summed E-state index contributed by atoms with van der Waals surface area (Å²) in [6, 6.07) is 0. The first-order chi connectivity index (χ1) is 3.18. The molecule has 0 heterocycles. The molecule has 0 radical (unpaired) electrons. The van der Waals surface area contributed by atoms with Crippen molar-refractivity contribution in [1.82, 2.24) is 0 Å². The molecular weight excluding hydrogens is 148 g/mol. The molecule has 0 aliphatic carbocycles. The quantitative estimate of drug-likeness (QED) is 0.432. The van der Waals surface area contributed by atoms with Gasteiger partial charge in [-0.1, -0.05) is 6.92 Å². The average Bonchev–Trinajstić information content (AvgIpc) is 1.65. The van der Waals surface area contributed by atoms with E-state index in [1.165, 1.54) is 6.92 Å². The first-order valence-electron chi connectivity index (χ1n) is 2.22. The largest absolute Gasteiger partial charge is 2.00 e. The zero-order valence-corrected chi connectivity index (χ0v) is 5.98. The summed E-state index contributed by atoms with van der Waals surface area (Å²) in [5.74, 6) is -0.637. The van der Waals surface area contributed by atoms with Crippen LogP contribution in [0.1, 0.15) is 20.3 Å². The minimum atomic E-state index is -0.345. The Balaban J connectivity index is 0. The van der Waals surface area contributed by atoms with Gasteiger partial charge in [0.2, 0.25) is 0 Å². The molecule has 0 fully saturated rings. The van der Waals surface area contributed by atoms with Gasteiger partial charge in [-0.3, -0.25) is 9.59 Å². The molecule has 2 nitrogen and oxygen atoms in total. The summed E-state index contributed by atoms with van der Waals surface area (Å²) in [5, 5.41) is 0. The van der Waals surface area contributed by atoms with E-state index in [2.05, 4.69) is 0 Å². The normalized spacial score (nSPS) is 7.25. The third kappa shape index (κ3) is 4.03. The molecule has 0 unspecified atom stereocenters. The van der Waals surface area contributed by atoms with Crippen LogP contribution in [-0.4, -0.2) is 11.6 Å². The molecule has 0 saturated heterocycles. The van der Waals surface area contributed by atoms with Crippen molar-refractivity contribution < 1.29 is 26.7 Å². The van der Waals surface area contributed by atoms with Crippen LogP contribution in [0, 0.1) is 0 Å². The summed E-state index contributed by atoms with van der Waals surface area (Å²) < 4.78 is 0. The smallest absolute Gasteiger partial charge is 0.291 e. The van der Waals surface area contributed by atoms with Crippen molar-refractivity contribution in [1.29, 1.82) is 0 Å². The van der Waals surface area contributed by atoms with Crippen molar-refractivity contribution in [2.24, 2.45) is 0 Å². The van der Waals surface area contributed by atoms with Crippen molar-refractivity contribution >= 4 is 11.6 Å². The molecule has 0 amide bonds. The summed E-state index contributed by atoms with van der Waals surface area (Å²) in [5.41, 5.74) is 0. The van der Waals surface area contributed by atoms with Gasteiger partial charge < -0.3 is 0 Å². The third-order valence-corrected chi connectivity index (χ3v) is 0.714. The van der Waals surface area contributed by atoms with Gasteiger partial charge in [-0.15, -0.1) is 0 Å². The van der Waals surface area contributed by atoms with E-state index in [9.17, 15) is 9.59 Å². The van der Waals surface area contributed by atoms with Gasteiger partial charge >= 0.3 is 17.1 Å². The predicted molar refractivity (Wildman–Crippen MR) is 26.0 cm³/mol. The Morgan fingerprint density at radius 1 is 1.38 bits per heavy atom. The van der Waals surface area contributed by atoms with Crippen molar-refractivity contribution in [3.05, 3.63) is 0 Å². The fourth-order valence-corrected chi connectivity index (χ4v) is 0.249. The molecule has 0 saturated carbocycles. The second-order valence-electron chi connectivity index (χ2n) is 1.33. The molecule has 0 aliphatic rings. The SMILES string of the molecule is CCC(=O)C(C)=O.[Fe+2]. The number of hydrogen-bond donors (Lipinski definition) is 0. The molecule has 0 N–H and O–H groups in total. The fourth-order valence-electron chi connectivity index (χ4n) is 0.249. The van der Waals surface area contributed by atoms with E-state index in [4.69, 9.17) is 0 Å². The van der Waals surface area contributed by atoms with Gasteiger partial charge in [0.15, 0.2) is 11.6 Å². The molecule has 3 heteroatoms. The predicted octanol–water partition coefficient (Wildman–Crippen LogP) is 0.552. The molecule has 0 atom stereocenters. The van der Waals surface area contributed by atoms with E-state index in [-0.39, 0.29) is 28.6 Å². The van der Waals surface area contributed by atoms with Crippen LogP contribution in [0.5, 0.6) is 0 Å². The Morgan fingerprint density at radius 2 is 1.75 bits per heavy atom. The number of carbonyl (C=O) groups is 2. The van der Waals surface area contributed by atoms with Gasteiger partial charge in [0.05, 0.1) is 0 Å². The zero-order chi connectivity index (χ0) is 5.86. The van der Waals surface area contributed by atoms with Crippen LogP contribution < -0.4 is 0 Å². The van der Waals surface area contributed by atoms with Crippen LogP contribution in [0.25, 0.3) is 0 Å². The first kappa shape index (κ1) is 10.8. The topological polar surface area (TPSA) is 34.1 Å². The van der Waals surface area contributed by atoms with E-state index in [0.717, 1.165) is 0 Å². The van der Waals surface area contributed by atoms with Crippen LogP contribution in [-0.2, 0) is 26.7 Å². The minimum absolute atomic E-state index is 0. The molecule has 0 aromatic heterocycles. The zero-order valence-electron chi connectivity index (χ0n) is 4.88. The summed E-state index contributed by atoms with van der Waals surface area (Å²) >= 11 is 0. The van der Waals surface area contributed by atoms with Gasteiger partial charge in [-0.25, -0.2) is 0 Å². The van der Waals surface area contributed by atoms with E-state index in [1.54, 1.807) is 6.92 Å². The van der Waals surface area contributed by atoms with E-state index in [0.29, 0.717) is 6.42 Å². The minimum Gasteiger partial charge on any atom is -0.291 e. The third-order valence-electron chi connectivity index (χ3n) is 0.714. The summed E-state index contributed by atoms with van der Waals surface area (Å²) in [6.07, 6.45) is 0.329. The Kier molecular flexibility index (Phi) is 6.74. The second-order valence-corrected chi connectivity index (χ2v) is 1.33. The Hall–Kier alpha value is -0.141. The monoisotopic (exact) mass is 156 g/mol. The number of carbonyl (C=O) groups excluding carboxylic acids is 2. The van der Waals surface area contributed by atoms with Crippen molar-refractivity contribution in [2.45, 2.75) is 20.3 Å². The second kappa shape index (κ2) is 5.01. The van der Waals surface area contributed by atoms with Crippen LogP contribution in [0.2, 0.25) is 0 Å². The maximum atomic E-state index is 10.2.